The number of rotatable bonds is 10. The number of amides is 2. The van der Waals surface area contributed by atoms with Crippen molar-refractivity contribution in [2.24, 2.45) is 11.3 Å². The Labute approximate surface area is 273 Å². The average molecular weight is 665 g/mol. The summed E-state index contributed by atoms with van der Waals surface area (Å²) in [6.45, 7) is 9.43. The van der Waals surface area contributed by atoms with Gasteiger partial charge >= 0.3 is 0 Å². The zero-order chi connectivity index (χ0) is 32.4. The highest BCUT2D eigenvalue weighted by Gasteiger charge is 2.53. The molecule has 2 aliphatic rings. The van der Waals surface area contributed by atoms with Gasteiger partial charge in [0.25, 0.3) is 0 Å². The van der Waals surface area contributed by atoms with E-state index in [2.05, 4.69) is 5.32 Å². The maximum absolute atomic E-state index is 14.9. The summed E-state index contributed by atoms with van der Waals surface area (Å²) in [5, 5.41) is 13.8. The van der Waals surface area contributed by atoms with Crippen molar-refractivity contribution in [3.05, 3.63) is 69.7 Å². The first-order chi connectivity index (χ1) is 20.6. The molecular formula is C34H47Cl2N3O4S. The van der Waals surface area contributed by atoms with Crippen LogP contribution in [0.3, 0.4) is 0 Å². The number of hydrogen-bond donors (Lipinski definition) is 3. The Morgan fingerprint density at radius 1 is 1.05 bits per heavy atom. The fourth-order valence-corrected chi connectivity index (χ4v) is 8.57. The maximum Gasteiger partial charge on any atom is 0.229 e. The van der Waals surface area contributed by atoms with Crippen molar-refractivity contribution in [2.45, 2.75) is 109 Å². The van der Waals surface area contributed by atoms with Gasteiger partial charge in [-0.05, 0) is 73.4 Å². The van der Waals surface area contributed by atoms with Crippen molar-refractivity contribution in [1.29, 1.82) is 4.78 Å². The Morgan fingerprint density at radius 3 is 2.25 bits per heavy atom. The third-order valence-electron chi connectivity index (χ3n) is 9.51. The summed E-state index contributed by atoms with van der Waals surface area (Å²) < 4.78 is 22.4. The Hall–Kier alpha value is -2.13. The van der Waals surface area contributed by atoms with Gasteiger partial charge < -0.3 is 15.3 Å². The van der Waals surface area contributed by atoms with Gasteiger partial charge in [0.15, 0.2) is 0 Å². The molecule has 2 amide bonds. The molecule has 1 aliphatic carbocycles. The summed E-state index contributed by atoms with van der Waals surface area (Å²) in [4.78, 5) is 30.3. The molecule has 1 unspecified atom stereocenters. The zero-order valence-electron chi connectivity index (χ0n) is 26.4. The second-order valence-corrected chi connectivity index (χ2v) is 17.2. The van der Waals surface area contributed by atoms with Gasteiger partial charge in [0, 0.05) is 49.4 Å². The van der Waals surface area contributed by atoms with Gasteiger partial charge in [-0.1, -0.05) is 82.1 Å². The topological polar surface area (TPSA) is 111 Å². The monoisotopic (exact) mass is 663 g/mol. The lowest BCUT2D eigenvalue weighted by molar-refractivity contribution is -0.158. The van der Waals surface area contributed by atoms with E-state index in [0.717, 1.165) is 11.1 Å². The third kappa shape index (κ3) is 7.98. The quantitative estimate of drug-likeness (QED) is 0.247. The molecule has 3 N–H and O–H groups in total. The van der Waals surface area contributed by atoms with E-state index in [1.165, 1.54) is 0 Å². The number of carbonyl (C=O) groups excluding carboxylic acids is 2. The lowest BCUT2D eigenvalue weighted by Crippen LogP contribution is -2.59. The predicted molar refractivity (Wildman–Crippen MR) is 178 cm³/mol. The second kappa shape index (κ2) is 14.1. The van der Waals surface area contributed by atoms with E-state index < -0.39 is 27.2 Å². The summed E-state index contributed by atoms with van der Waals surface area (Å²) in [5.74, 6) is -0.680. The minimum absolute atomic E-state index is 0.00294. The van der Waals surface area contributed by atoms with E-state index in [4.69, 9.17) is 28.0 Å². The molecule has 7 nitrogen and oxygen atoms in total. The van der Waals surface area contributed by atoms with Gasteiger partial charge in [-0.15, -0.1) is 0 Å². The first-order valence-corrected chi connectivity index (χ1v) is 18.2. The van der Waals surface area contributed by atoms with E-state index in [9.17, 15) is 18.9 Å². The van der Waals surface area contributed by atoms with Crippen molar-refractivity contribution < 1.29 is 18.9 Å². The highest BCUT2D eigenvalue weighted by atomic mass is 35.5. The molecule has 4 rings (SSSR count). The number of piperidine rings is 1. The molecule has 0 radical (unpaired) electrons. The normalized spacial score (nSPS) is 28.1. The number of nitrogens with one attached hydrogen (secondary N) is 2. The Kier molecular flexibility index (Phi) is 11.1. The number of nitrogens with zero attached hydrogens (tertiary/aromatic N) is 1. The molecule has 2 fully saturated rings. The van der Waals surface area contributed by atoms with Crippen LogP contribution < -0.4 is 5.32 Å². The van der Waals surface area contributed by atoms with Gasteiger partial charge in [0.2, 0.25) is 11.8 Å². The average Bonchev–Trinajstić information content (AvgIpc) is 2.95. The number of halogens is 2. The van der Waals surface area contributed by atoms with Crippen LogP contribution >= 0.6 is 23.2 Å². The number of aliphatic hydroxyl groups is 1. The molecule has 2 aromatic rings. The van der Waals surface area contributed by atoms with Gasteiger partial charge in [-0.3, -0.25) is 14.4 Å². The van der Waals surface area contributed by atoms with E-state index in [1.54, 1.807) is 13.8 Å². The van der Waals surface area contributed by atoms with Crippen molar-refractivity contribution in [3.8, 4) is 0 Å². The molecule has 5 atom stereocenters. The summed E-state index contributed by atoms with van der Waals surface area (Å²) in [7, 11) is -3.04. The van der Waals surface area contributed by atoms with Crippen LogP contribution in [0.4, 0.5) is 0 Å². The predicted octanol–water partition coefficient (Wildman–Crippen LogP) is 7.35. The van der Waals surface area contributed by atoms with Crippen molar-refractivity contribution in [2.75, 3.05) is 5.75 Å². The Bertz CT molecular complexity index is 1420. The van der Waals surface area contributed by atoms with Crippen LogP contribution in [-0.4, -0.2) is 55.2 Å². The van der Waals surface area contributed by atoms with Gasteiger partial charge in [-0.2, -0.15) is 0 Å². The SMILES string of the molecule is CC(C)[C@@H](CS(=N)(=O)C(C)C)N1C(=O)[C@@](C)(CC(=O)N[C@H]2CC[C@H](O)CC2)C[C@H](c2cccc(Cl)c2)[C@H]1c1ccc(Cl)cc1. The lowest BCUT2D eigenvalue weighted by atomic mass is 9.66. The molecule has 1 saturated carbocycles. The minimum Gasteiger partial charge on any atom is -0.393 e. The fourth-order valence-electron chi connectivity index (χ4n) is 6.80. The molecule has 10 heteroatoms. The number of aliphatic hydroxyl groups excluding tert-OH is 1. The molecule has 1 saturated heterocycles. The molecule has 1 heterocycles. The molecule has 44 heavy (non-hydrogen) atoms. The van der Waals surface area contributed by atoms with E-state index in [1.807, 2.05) is 74.2 Å². The second-order valence-electron chi connectivity index (χ2n) is 13.6. The van der Waals surface area contributed by atoms with Crippen molar-refractivity contribution in [3.63, 3.8) is 0 Å². The summed E-state index contributed by atoms with van der Waals surface area (Å²) >= 11 is 12.8. The fraction of sp³-hybridized carbons (Fsp3) is 0.588. The summed E-state index contributed by atoms with van der Waals surface area (Å²) in [5.41, 5.74) is 0.759. The first kappa shape index (κ1) is 34.7. The highest BCUT2D eigenvalue weighted by Crippen LogP contribution is 2.52. The number of carbonyl (C=O) groups is 2. The van der Waals surface area contributed by atoms with E-state index >= 15 is 0 Å². The van der Waals surface area contributed by atoms with Gasteiger partial charge in [0.05, 0.1) is 23.3 Å². The van der Waals surface area contributed by atoms with Gasteiger partial charge in [-0.25, -0.2) is 4.21 Å². The van der Waals surface area contributed by atoms with Crippen LogP contribution in [0.2, 0.25) is 10.0 Å². The summed E-state index contributed by atoms with van der Waals surface area (Å²) in [6, 6.07) is 14.1. The Morgan fingerprint density at radius 2 is 1.68 bits per heavy atom. The highest BCUT2D eigenvalue weighted by molar-refractivity contribution is 7.93. The van der Waals surface area contributed by atoms with E-state index in [-0.39, 0.29) is 53.2 Å². The largest absolute Gasteiger partial charge is 0.393 e. The smallest absolute Gasteiger partial charge is 0.229 e. The van der Waals surface area contributed by atoms with Crippen molar-refractivity contribution in [1.82, 2.24) is 10.2 Å². The third-order valence-corrected chi connectivity index (χ3v) is 12.4. The summed E-state index contributed by atoms with van der Waals surface area (Å²) in [6.07, 6.45) is 2.77. The zero-order valence-corrected chi connectivity index (χ0v) is 28.7. The number of hydrogen-bond acceptors (Lipinski definition) is 5. The van der Waals surface area contributed by atoms with Gasteiger partial charge in [0.1, 0.15) is 0 Å². The molecule has 2 aromatic carbocycles. The van der Waals surface area contributed by atoms with Crippen LogP contribution in [0.5, 0.6) is 0 Å². The molecule has 0 bridgehead atoms. The van der Waals surface area contributed by atoms with E-state index in [0.29, 0.717) is 42.1 Å². The minimum atomic E-state index is -3.04. The molecule has 0 aromatic heterocycles. The maximum atomic E-state index is 14.9. The number of benzene rings is 2. The molecule has 1 aliphatic heterocycles. The Balaban J connectivity index is 1.83. The van der Waals surface area contributed by atoms with Crippen LogP contribution in [-0.2, 0) is 19.3 Å². The molecule has 0 spiro atoms. The van der Waals surface area contributed by atoms with Crippen LogP contribution in [0, 0.1) is 16.1 Å². The number of likely N-dealkylation sites (tertiary alicyclic amines) is 1. The van der Waals surface area contributed by atoms with Crippen molar-refractivity contribution >= 4 is 44.7 Å². The molecular weight excluding hydrogens is 617 g/mol. The van der Waals surface area contributed by atoms with Crippen LogP contribution in [0.1, 0.15) is 96.2 Å². The lowest BCUT2D eigenvalue weighted by Gasteiger charge is -2.53. The van der Waals surface area contributed by atoms with Crippen LogP contribution in [0.15, 0.2) is 48.5 Å². The first-order valence-electron chi connectivity index (χ1n) is 15.7. The molecule has 242 valence electrons. The standard InChI is InChI=1S/C34H47Cl2N3O4S/c1-21(2)30(20-44(37,43)22(3)4)39-32(23-9-11-25(35)12-10-23)29(24-7-6-8-26(36)17-24)18-34(5,33(39)42)19-31(41)38-27-13-15-28(40)16-14-27/h6-12,17,21-22,27-30,32,37,40H,13-16,18-20H2,1-5H3,(H,38,41)/t27-,28-,29-,30-,32-,34-,44?/m1/s1. The van der Waals surface area contributed by atoms with Crippen LogP contribution in [0.25, 0.3) is 0 Å².